The van der Waals surface area contributed by atoms with Crippen LogP contribution in [0, 0.1) is 0 Å². The Bertz CT molecular complexity index is 437. The second-order valence-electron chi connectivity index (χ2n) is 5.00. The van der Waals surface area contributed by atoms with E-state index in [1.165, 1.54) is 19.2 Å². The monoisotopic (exact) mass is 274 g/mol. The summed E-state index contributed by atoms with van der Waals surface area (Å²) in [4.78, 5) is 0. The zero-order valence-electron chi connectivity index (χ0n) is 10.7. The largest absolute Gasteiger partial charge is 0.416 e. The molecular formula is C14H17F3O2. The van der Waals surface area contributed by atoms with Crippen LogP contribution in [0.25, 0.3) is 0 Å². The second kappa shape index (κ2) is 5.13. The zero-order valence-corrected chi connectivity index (χ0v) is 10.7. The van der Waals surface area contributed by atoms with Gasteiger partial charge in [-0.3, -0.25) is 0 Å². The molecule has 1 fully saturated rings. The molecule has 1 atom stereocenters. The number of halogens is 3. The molecule has 1 aliphatic rings. The Kier molecular flexibility index (Phi) is 3.87. The maximum absolute atomic E-state index is 12.7. The summed E-state index contributed by atoms with van der Waals surface area (Å²) in [5, 5.41) is 10.4. The first-order chi connectivity index (χ1) is 8.89. The third-order valence-electron chi connectivity index (χ3n) is 3.88. The summed E-state index contributed by atoms with van der Waals surface area (Å²) in [5.74, 6) is 0. The second-order valence-corrected chi connectivity index (χ2v) is 5.00. The van der Waals surface area contributed by atoms with Gasteiger partial charge in [-0.15, -0.1) is 0 Å². The van der Waals surface area contributed by atoms with Crippen molar-refractivity contribution in [1.82, 2.24) is 0 Å². The normalized spacial score (nSPS) is 20.5. The third-order valence-corrected chi connectivity index (χ3v) is 3.88. The van der Waals surface area contributed by atoms with E-state index in [-0.39, 0.29) is 5.56 Å². The third kappa shape index (κ3) is 2.77. The molecule has 1 aliphatic carbocycles. The van der Waals surface area contributed by atoms with Gasteiger partial charge in [0, 0.05) is 7.11 Å². The van der Waals surface area contributed by atoms with Crippen molar-refractivity contribution in [3.05, 3.63) is 35.4 Å². The molecule has 1 aromatic carbocycles. The van der Waals surface area contributed by atoms with Crippen LogP contribution in [0.2, 0.25) is 0 Å². The van der Waals surface area contributed by atoms with Crippen LogP contribution >= 0.6 is 0 Å². The molecule has 0 heterocycles. The van der Waals surface area contributed by atoms with Crippen LogP contribution in [0.3, 0.4) is 0 Å². The van der Waals surface area contributed by atoms with E-state index in [2.05, 4.69) is 0 Å². The summed E-state index contributed by atoms with van der Waals surface area (Å²) >= 11 is 0. The molecule has 0 aliphatic heterocycles. The fourth-order valence-corrected chi connectivity index (χ4v) is 2.75. The van der Waals surface area contributed by atoms with Gasteiger partial charge in [-0.1, -0.05) is 25.0 Å². The molecule has 0 aromatic heterocycles. The van der Waals surface area contributed by atoms with E-state index in [1.54, 1.807) is 0 Å². The molecule has 2 nitrogen and oxygen atoms in total. The van der Waals surface area contributed by atoms with Crippen LogP contribution in [-0.2, 0) is 10.9 Å². The van der Waals surface area contributed by atoms with Crippen LogP contribution < -0.4 is 0 Å². The predicted octanol–water partition coefficient (Wildman–Crippen LogP) is 3.70. The number of methoxy groups -OCH3 is 1. The summed E-state index contributed by atoms with van der Waals surface area (Å²) in [6, 6.07) is 4.84. The standard InChI is InChI=1S/C14H17F3O2/c1-19-13(7-2-3-8-13)12(18)10-5-4-6-11(9-10)14(15,16)17/h4-6,9,12,18H,2-3,7-8H2,1H3. The van der Waals surface area contributed by atoms with Crippen molar-refractivity contribution in [3.8, 4) is 0 Å². The van der Waals surface area contributed by atoms with Crippen molar-refractivity contribution < 1.29 is 23.0 Å². The van der Waals surface area contributed by atoms with E-state index in [1.807, 2.05) is 0 Å². The fourth-order valence-electron chi connectivity index (χ4n) is 2.75. The summed E-state index contributed by atoms with van der Waals surface area (Å²) in [5.41, 5.74) is -1.23. The van der Waals surface area contributed by atoms with E-state index >= 15 is 0 Å². The van der Waals surface area contributed by atoms with Crippen molar-refractivity contribution in [2.45, 2.75) is 43.6 Å². The topological polar surface area (TPSA) is 29.5 Å². The highest BCUT2D eigenvalue weighted by molar-refractivity contribution is 5.29. The Morgan fingerprint density at radius 2 is 1.89 bits per heavy atom. The van der Waals surface area contributed by atoms with Crippen molar-refractivity contribution in [3.63, 3.8) is 0 Å². The van der Waals surface area contributed by atoms with Crippen LogP contribution in [0.5, 0.6) is 0 Å². The first-order valence-electron chi connectivity index (χ1n) is 6.29. The van der Waals surface area contributed by atoms with Gasteiger partial charge in [-0.2, -0.15) is 13.2 Å². The number of aliphatic hydroxyl groups is 1. The maximum Gasteiger partial charge on any atom is 0.416 e. The lowest BCUT2D eigenvalue weighted by Gasteiger charge is -2.33. The fraction of sp³-hybridized carbons (Fsp3) is 0.571. The van der Waals surface area contributed by atoms with Crippen LogP contribution in [-0.4, -0.2) is 17.8 Å². The number of rotatable bonds is 3. The molecule has 0 amide bonds. The van der Waals surface area contributed by atoms with Gasteiger partial charge in [0.2, 0.25) is 0 Å². The van der Waals surface area contributed by atoms with Gasteiger partial charge in [-0.25, -0.2) is 0 Å². The van der Waals surface area contributed by atoms with Gasteiger partial charge in [0.25, 0.3) is 0 Å². The summed E-state index contributed by atoms with van der Waals surface area (Å²) < 4.78 is 43.4. The first kappa shape index (κ1) is 14.3. The lowest BCUT2D eigenvalue weighted by Crippen LogP contribution is -2.35. The number of hydrogen-bond acceptors (Lipinski definition) is 2. The lowest BCUT2D eigenvalue weighted by atomic mass is 9.88. The average molecular weight is 274 g/mol. The Morgan fingerprint density at radius 3 is 2.42 bits per heavy atom. The van der Waals surface area contributed by atoms with Crippen LogP contribution in [0.4, 0.5) is 13.2 Å². The van der Waals surface area contributed by atoms with E-state index in [4.69, 9.17) is 4.74 Å². The molecule has 0 saturated heterocycles. The lowest BCUT2D eigenvalue weighted by molar-refractivity contribution is -0.138. The predicted molar refractivity (Wildman–Crippen MR) is 64.6 cm³/mol. The molecule has 2 rings (SSSR count). The number of aliphatic hydroxyl groups excluding tert-OH is 1. The van der Waals surface area contributed by atoms with Gasteiger partial charge in [0.15, 0.2) is 0 Å². The molecule has 1 unspecified atom stereocenters. The highest BCUT2D eigenvalue weighted by Crippen LogP contribution is 2.43. The molecule has 106 valence electrons. The smallest absolute Gasteiger partial charge is 0.385 e. The highest BCUT2D eigenvalue weighted by Gasteiger charge is 2.42. The van der Waals surface area contributed by atoms with Crippen molar-refractivity contribution in [2.75, 3.05) is 7.11 Å². The molecule has 0 bridgehead atoms. The first-order valence-corrected chi connectivity index (χ1v) is 6.29. The SMILES string of the molecule is COC1(C(O)c2cccc(C(F)(F)F)c2)CCCC1. The van der Waals surface area contributed by atoms with Gasteiger partial charge in [0.05, 0.1) is 11.2 Å². The summed E-state index contributed by atoms with van der Waals surface area (Å²) in [6.45, 7) is 0. The van der Waals surface area contributed by atoms with Crippen LogP contribution in [0.15, 0.2) is 24.3 Å². The molecule has 0 spiro atoms. The van der Waals surface area contributed by atoms with E-state index in [0.29, 0.717) is 12.8 Å². The summed E-state index contributed by atoms with van der Waals surface area (Å²) in [6.07, 6.45) is -2.25. The Morgan fingerprint density at radius 1 is 1.26 bits per heavy atom. The minimum atomic E-state index is -4.40. The average Bonchev–Trinajstić information content (AvgIpc) is 2.87. The minimum Gasteiger partial charge on any atom is -0.385 e. The van der Waals surface area contributed by atoms with Gasteiger partial charge < -0.3 is 9.84 Å². The number of benzene rings is 1. The Hall–Kier alpha value is -1.07. The van der Waals surface area contributed by atoms with Crippen LogP contribution in [0.1, 0.15) is 42.9 Å². The van der Waals surface area contributed by atoms with Crippen molar-refractivity contribution in [1.29, 1.82) is 0 Å². The zero-order chi connectivity index (χ0) is 14.1. The Labute approximate surface area is 110 Å². The minimum absolute atomic E-state index is 0.263. The molecule has 1 aromatic rings. The quantitative estimate of drug-likeness (QED) is 0.910. The molecule has 0 radical (unpaired) electrons. The van der Waals surface area contributed by atoms with Gasteiger partial charge in [-0.05, 0) is 30.5 Å². The molecular weight excluding hydrogens is 257 g/mol. The molecule has 1 saturated carbocycles. The maximum atomic E-state index is 12.7. The highest BCUT2D eigenvalue weighted by atomic mass is 19.4. The summed E-state index contributed by atoms with van der Waals surface area (Å²) in [7, 11) is 1.50. The van der Waals surface area contributed by atoms with Crippen molar-refractivity contribution >= 4 is 0 Å². The Balaban J connectivity index is 2.31. The van der Waals surface area contributed by atoms with Gasteiger partial charge >= 0.3 is 6.18 Å². The van der Waals surface area contributed by atoms with E-state index in [0.717, 1.165) is 25.0 Å². The molecule has 1 N–H and O–H groups in total. The van der Waals surface area contributed by atoms with E-state index < -0.39 is 23.4 Å². The van der Waals surface area contributed by atoms with E-state index in [9.17, 15) is 18.3 Å². The van der Waals surface area contributed by atoms with Gasteiger partial charge in [0.1, 0.15) is 6.10 Å². The van der Waals surface area contributed by atoms with Crippen molar-refractivity contribution in [2.24, 2.45) is 0 Å². The number of alkyl halides is 3. The molecule has 19 heavy (non-hydrogen) atoms. The number of ether oxygens (including phenoxy) is 1. The number of hydrogen-bond donors (Lipinski definition) is 1. The molecule has 5 heteroatoms.